The highest BCUT2D eigenvalue weighted by molar-refractivity contribution is 7.99. The van der Waals surface area contributed by atoms with Crippen LogP contribution in [0.3, 0.4) is 0 Å². The number of guanidine groups is 1. The van der Waals surface area contributed by atoms with Crippen molar-refractivity contribution in [3.05, 3.63) is 71.9 Å². The Morgan fingerprint density at radius 3 is 2.47 bits per heavy atom. The number of primary amides is 1. The Hall–Kier alpha value is -6.36. The summed E-state index contributed by atoms with van der Waals surface area (Å²) in [5, 5.41) is 16.4. The molecule has 1 aliphatic rings. The van der Waals surface area contributed by atoms with Gasteiger partial charge in [0, 0.05) is 57.9 Å². The van der Waals surface area contributed by atoms with E-state index in [0.717, 1.165) is 22.4 Å². The summed E-state index contributed by atoms with van der Waals surface area (Å²) >= 11 is 0.834. The molecule has 58 heavy (non-hydrogen) atoms. The second-order valence-electron chi connectivity index (χ2n) is 13.6. The highest BCUT2D eigenvalue weighted by atomic mass is 32.2. The number of benzene rings is 2. The van der Waals surface area contributed by atoms with E-state index in [1.165, 1.54) is 12.3 Å². The number of rotatable bonds is 18. The molecule has 1 aromatic heterocycles. The van der Waals surface area contributed by atoms with Crippen LogP contribution in [0.2, 0.25) is 0 Å². The number of aromatic nitrogens is 1. The number of nitrogens with zero attached hydrogens (tertiary/aromatic N) is 5. The van der Waals surface area contributed by atoms with Crippen molar-refractivity contribution in [1.29, 1.82) is 5.26 Å². The van der Waals surface area contributed by atoms with E-state index in [1.807, 2.05) is 6.07 Å². The number of nitriles is 1. The number of carbonyl (C=O) groups excluding carboxylic acids is 6. The molecular formula is C38H45F2N11O6S. The first-order valence-electron chi connectivity index (χ1n) is 18.2. The Kier molecular flexibility index (Phi) is 15.8. The second-order valence-corrected chi connectivity index (χ2v) is 14.6. The number of anilines is 1. The van der Waals surface area contributed by atoms with Gasteiger partial charge in [0.05, 0.1) is 35.9 Å². The number of pyridine rings is 1. The highest BCUT2D eigenvalue weighted by Crippen LogP contribution is 2.31. The fourth-order valence-electron chi connectivity index (χ4n) is 5.84. The number of nitrogens with one attached hydrogen (secondary N) is 4. The minimum atomic E-state index is -3.20. The average Bonchev–Trinajstić information content (AvgIpc) is 3.52. The van der Waals surface area contributed by atoms with Gasteiger partial charge in [-0.15, -0.1) is 0 Å². The smallest absolute Gasteiger partial charge is 0.268 e. The summed E-state index contributed by atoms with van der Waals surface area (Å²) in [6.07, 6.45) is 0.848. The van der Waals surface area contributed by atoms with Crippen LogP contribution < -0.4 is 32.1 Å². The Bertz CT molecular complexity index is 2060. The predicted molar refractivity (Wildman–Crippen MR) is 213 cm³/mol. The van der Waals surface area contributed by atoms with Crippen LogP contribution in [0, 0.1) is 11.3 Å². The molecule has 2 heterocycles. The Morgan fingerprint density at radius 2 is 1.78 bits per heavy atom. The van der Waals surface area contributed by atoms with Gasteiger partial charge in [0.1, 0.15) is 17.3 Å². The lowest BCUT2D eigenvalue weighted by Crippen LogP contribution is -2.49. The Balaban J connectivity index is 1.34. The van der Waals surface area contributed by atoms with Gasteiger partial charge in [0.25, 0.3) is 11.8 Å². The van der Waals surface area contributed by atoms with E-state index in [2.05, 4.69) is 30.6 Å². The molecule has 0 saturated carbocycles. The highest BCUT2D eigenvalue weighted by Gasteiger charge is 2.47. The van der Waals surface area contributed by atoms with E-state index >= 15 is 0 Å². The fourth-order valence-corrected chi connectivity index (χ4v) is 6.68. The number of likely N-dealkylation sites (tertiary alicyclic amines) is 1. The summed E-state index contributed by atoms with van der Waals surface area (Å²) < 4.78 is 30.2. The maximum atomic E-state index is 13.8. The summed E-state index contributed by atoms with van der Waals surface area (Å²) in [6.45, 7) is -1.24. The number of hydrogen-bond acceptors (Lipinski definition) is 10. The molecule has 0 radical (unpaired) electrons. The van der Waals surface area contributed by atoms with E-state index in [-0.39, 0.29) is 42.5 Å². The number of aliphatic imine (C=N–C) groups is 1. The van der Waals surface area contributed by atoms with Crippen molar-refractivity contribution >= 4 is 69.9 Å². The molecule has 0 bridgehead atoms. The molecule has 3 atom stereocenters. The summed E-state index contributed by atoms with van der Waals surface area (Å²) in [5.74, 6) is -6.81. The number of fused-ring (bicyclic) bond motifs is 1. The lowest BCUT2D eigenvalue weighted by atomic mass is 10.1. The van der Waals surface area contributed by atoms with Gasteiger partial charge in [-0.1, -0.05) is 42.5 Å². The lowest BCUT2D eigenvalue weighted by molar-refractivity contribution is -0.131. The number of alkyl halides is 2. The van der Waals surface area contributed by atoms with Crippen LogP contribution in [0.5, 0.6) is 0 Å². The van der Waals surface area contributed by atoms with Gasteiger partial charge in [0.2, 0.25) is 29.5 Å². The van der Waals surface area contributed by atoms with E-state index < -0.39 is 78.2 Å². The lowest BCUT2D eigenvalue weighted by Gasteiger charge is -2.21. The van der Waals surface area contributed by atoms with E-state index in [9.17, 15) is 42.8 Å². The number of para-hydroxylation sites is 1. The molecule has 1 fully saturated rings. The molecular weight excluding hydrogens is 777 g/mol. The standard InChI is InChI=1S/C38H45F2N11O6S/c1-50(2)37(43)45-16-7-12-29(36(57)48-28(34(42)55)18-23-8-4-3-5-9-23)58-49-31(53)14-13-30(52)47-27-11-6-10-25-26(15-17-44-33(25)27)35(56)46-21-32(54)51-22-38(39,40)19-24(51)20-41/h3-6,8-11,15,17,24,28-29H,7,12-14,16,18-19,21-22H2,1-2H3,(H2,42,55)(H2,43,45)(H,46,56)(H,47,52)(H,48,57)(H,49,53)/t24-,28-,29-/m0/s1. The minimum absolute atomic E-state index is 0.0858. The molecule has 1 aliphatic heterocycles. The number of halogens is 2. The van der Waals surface area contributed by atoms with Crippen molar-refractivity contribution < 1.29 is 37.5 Å². The molecule has 0 spiro atoms. The van der Waals surface area contributed by atoms with Gasteiger partial charge in [-0.25, -0.2) is 8.78 Å². The first kappa shape index (κ1) is 44.4. The first-order chi connectivity index (χ1) is 27.6. The number of nitrogens with two attached hydrogens (primary N) is 2. The van der Waals surface area contributed by atoms with Crippen LogP contribution in [0.15, 0.2) is 65.8 Å². The normalized spacial score (nSPS) is 15.7. The maximum Gasteiger partial charge on any atom is 0.268 e. The monoisotopic (exact) mass is 821 g/mol. The molecule has 17 nitrogen and oxygen atoms in total. The van der Waals surface area contributed by atoms with Crippen molar-refractivity contribution in [2.45, 2.75) is 61.8 Å². The maximum absolute atomic E-state index is 13.8. The zero-order chi connectivity index (χ0) is 42.4. The zero-order valence-electron chi connectivity index (χ0n) is 31.9. The fraction of sp³-hybridized carbons (Fsp3) is 0.395. The third-order valence-corrected chi connectivity index (χ3v) is 9.99. The molecule has 20 heteroatoms. The van der Waals surface area contributed by atoms with Crippen LogP contribution in [-0.4, -0.2) is 113 Å². The summed E-state index contributed by atoms with van der Waals surface area (Å²) in [4.78, 5) is 88.1. The van der Waals surface area contributed by atoms with Gasteiger partial charge in [-0.2, -0.15) is 5.26 Å². The molecule has 0 aliphatic carbocycles. The molecule has 6 amide bonds. The summed E-state index contributed by atoms with van der Waals surface area (Å²) in [5.41, 5.74) is 12.8. The quantitative estimate of drug-likeness (QED) is 0.0463. The van der Waals surface area contributed by atoms with Crippen molar-refractivity contribution in [2.24, 2.45) is 16.5 Å². The summed E-state index contributed by atoms with van der Waals surface area (Å²) in [7, 11) is 3.47. The largest absolute Gasteiger partial charge is 0.370 e. The van der Waals surface area contributed by atoms with Crippen LogP contribution in [0.1, 0.15) is 48.0 Å². The Labute approximate surface area is 337 Å². The molecule has 1 saturated heterocycles. The van der Waals surface area contributed by atoms with Crippen LogP contribution in [-0.2, 0) is 30.4 Å². The van der Waals surface area contributed by atoms with E-state index in [4.69, 9.17) is 11.5 Å². The van der Waals surface area contributed by atoms with Crippen LogP contribution >= 0.6 is 11.9 Å². The summed E-state index contributed by atoms with van der Waals surface area (Å²) in [6, 6.07) is 14.4. The van der Waals surface area contributed by atoms with Crippen molar-refractivity contribution in [3.8, 4) is 6.07 Å². The topological polar surface area (TPSA) is 258 Å². The molecule has 308 valence electrons. The van der Waals surface area contributed by atoms with Crippen LogP contribution in [0.25, 0.3) is 10.9 Å². The average molecular weight is 822 g/mol. The number of amides is 6. The Morgan fingerprint density at radius 1 is 1.05 bits per heavy atom. The van der Waals surface area contributed by atoms with Gasteiger partial charge >= 0.3 is 0 Å². The predicted octanol–water partition coefficient (Wildman–Crippen LogP) is 1.45. The van der Waals surface area contributed by atoms with Gasteiger partial charge in [-0.3, -0.25) is 43.5 Å². The molecule has 2 aromatic carbocycles. The van der Waals surface area contributed by atoms with Crippen molar-refractivity contribution in [1.82, 2.24) is 30.1 Å². The van der Waals surface area contributed by atoms with Gasteiger partial charge < -0.3 is 37.2 Å². The van der Waals surface area contributed by atoms with Crippen molar-refractivity contribution in [2.75, 3.05) is 39.0 Å². The SMILES string of the molecule is CN(C)C(N)=NCCC[C@H](SNC(=O)CCC(=O)Nc1cccc2c(C(=O)NCC(=O)N3CC(F)(F)C[C@H]3C#N)ccnc12)C(=O)N[C@@H](Cc1ccccc1)C(N)=O. The van der Waals surface area contributed by atoms with Gasteiger partial charge in [-0.05, 0) is 42.5 Å². The number of carbonyl (C=O) groups is 6. The zero-order valence-corrected chi connectivity index (χ0v) is 32.7. The molecule has 8 N–H and O–H groups in total. The minimum Gasteiger partial charge on any atom is -0.370 e. The van der Waals surface area contributed by atoms with E-state index in [1.54, 1.807) is 67.5 Å². The van der Waals surface area contributed by atoms with E-state index in [0.29, 0.717) is 24.3 Å². The second kappa shape index (κ2) is 20.7. The first-order valence-corrected chi connectivity index (χ1v) is 19.0. The van der Waals surface area contributed by atoms with Gasteiger partial charge in [0.15, 0.2) is 5.96 Å². The third-order valence-electron chi connectivity index (χ3n) is 8.91. The molecule has 3 aromatic rings. The number of hydrogen-bond donors (Lipinski definition) is 6. The molecule has 0 unspecified atom stereocenters. The third kappa shape index (κ3) is 12.8. The van der Waals surface area contributed by atoms with Crippen molar-refractivity contribution in [3.63, 3.8) is 0 Å². The van der Waals surface area contributed by atoms with Crippen LogP contribution in [0.4, 0.5) is 14.5 Å². The molecule has 4 rings (SSSR count).